The summed E-state index contributed by atoms with van der Waals surface area (Å²) in [6, 6.07) is 0. The molecule has 0 spiro atoms. The van der Waals surface area contributed by atoms with Gasteiger partial charge in [-0.1, -0.05) is 58.9 Å². The van der Waals surface area contributed by atoms with Crippen molar-refractivity contribution in [2.24, 2.45) is 23.7 Å². The Labute approximate surface area is 267 Å². The van der Waals surface area contributed by atoms with E-state index in [4.69, 9.17) is 14.6 Å². The summed E-state index contributed by atoms with van der Waals surface area (Å²) in [6.45, 7) is 16.3. The van der Waals surface area contributed by atoms with Crippen LogP contribution in [0.25, 0.3) is 0 Å². The van der Waals surface area contributed by atoms with Gasteiger partial charge in [-0.05, 0) is 64.2 Å². The minimum atomic E-state index is -1.42. The van der Waals surface area contributed by atoms with Gasteiger partial charge in [0, 0.05) is 29.9 Å². The summed E-state index contributed by atoms with van der Waals surface area (Å²) in [7, 11) is 0. The van der Waals surface area contributed by atoms with E-state index in [1.807, 2.05) is 6.92 Å². The van der Waals surface area contributed by atoms with Gasteiger partial charge in [-0.25, -0.2) is 9.59 Å². The number of rotatable bonds is 21. The molecule has 0 aromatic heterocycles. The third-order valence-electron chi connectivity index (χ3n) is 8.79. The highest BCUT2D eigenvalue weighted by Gasteiger charge is 2.34. The minimum Gasteiger partial charge on any atom is -0.478 e. The number of hydrogen-bond acceptors (Lipinski definition) is 9. The topological polar surface area (TPSA) is 168 Å². The van der Waals surface area contributed by atoms with Crippen molar-refractivity contribution in [2.75, 3.05) is 0 Å². The predicted molar refractivity (Wildman–Crippen MR) is 171 cm³/mol. The molecule has 0 fully saturated rings. The lowest BCUT2D eigenvalue weighted by molar-refractivity contribution is -0.154. The van der Waals surface area contributed by atoms with E-state index in [2.05, 4.69) is 26.5 Å². The van der Waals surface area contributed by atoms with Crippen molar-refractivity contribution >= 4 is 23.7 Å². The van der Waals surface area contributed by atoms with E-state index in [-0.39, 0.29) is 23.5 Å². The number of ketones is 1. The van der Waals surface area contributed by atoms with E-state index in [0.29, 0.717) is 23.8 Å². The number of aliphatic hydroxyl groups excluding tert-OH is 3. The Morgan fingerprint density at radius 1 is 0.933 bits per heavy atom. The van der Waals surface area contributed by atoms with E-state index in [1.54, 1.807) is 33.8 Å². The summed E-state index contributed by atoms with van der Waals surface area (Å²) in [5, 5.41) is 40.5. The number of allylic oxidation sites excluding steroid dienone is 4. The Balaban J connectivity index is 2.48. The second-order valence-corrected chi connectivity index (χ2v) is 12.6. The van der Waals surface area contributed by atoms with Gasteiger partial charge in [-0.3, -0.25) is 9.59 Å². The second kappa shape index (κ2) is 19.4. The van der Waals surface area contributed by atoms with Crippen LogP contribution in [0.15, 0.2) is 47.3 Å². The molecule has 0 radical (unpaired) electrons. The standard InChI is InChI=1S/C35H54O10/c1-9-27(14-16-32(40)41)12-10-11-20(2)17-21(3)13-15-28(36)24(6)30(38)18-29(37)22(4)25(7)44-33(42)19-31(39)34-23(5)26(8)45-35(34)43/h12,14,16,20-22,24-25,28-29,31,36-37,39H,8-11,13,15,17-19H2,1-7H3,(H,40,41)/b16-14+,27-12+/t20-,21?,22+,24-,25+,28?,29?,31?/m0/s1. The fourth-order valence-electron chi connectivity index (χ4n) is 5.35. The highest BCUT2D eigenvalue weighted by Crippen LogP contribution is 2.28. The average Bonchev–Trinajstić information content (AvgIpc) is 3.22. The molecular formula is C35H54O10. The fourth-order valence-corrected chi connectivity index (χ4v) is 5.35. The number of Topliss-reactive ketones (excluding diaryl/α,β-unsaturated/α-hetero) is 1. The summed E-state index contributed by atoms with van der Waals surface area (Å²) in [6.07, 6.45) is 4.81. The summed E-state index contributed by atoms with van der Waals surface area (Å²) in [5.74, 6) is -3.12. The largest absolute Gasteiger partial charge is 0.478 e. The van der Waals surface area contributed by atoms with Crippen LogP contribution in [-0.4, -0.2) is 68.5 Å². The first-order chi connectivity index (χ1) is 21.0. The first kappa shape index (κ1) is 39.9. The highest BCUT2D eigenvalue weighted by atomic mass is 16.5. The summed E-state index contributed by atoms with van der Waals surface area (Å²) < 4.78 is 10.2. The molecule has 10 heteroatoms. The molecule has 1 heterocycles. The van der Waals surface area contributed by atoms with Gasteiger partial charge >= 0.3 is 17.9 Å². The van der Waals surface area contributed by atoms with Crippen LogP contribution in [0.5, 0.6) is 0 Å². The van der Waals surface area contributed by atoms with E-state index in [1.165, 1.54) is 0 Å². The molecular weight excluding hydrogens is 580 g/mol. The summed E-state index contributed by atoms with van der Waals surface area (Å²) in [4.78, 5) is 47.9. The van der Waals surface area contributed by atoms with Crippen LogP contribution in [0.2, 0.25) is 0 Å². The van der Waals surface area contributed by atoms with Crippen molar-refractivity contribution in [1.29, 1.82) is 0 Å². The van der Waals surface area contributed by atoms with Crippen LogP contribution in [-0.2, 0) is 28.7 Å². The second-order valence-electron chi connectivity index (χ2n) is 12.6. The fraction of sp³-hybridized carbons (Fsp3) is 0.657. The molecule has 4 N–H and O–H groups in total. The van der Waals surface area contributed by atoms with Crippen LogP contribution >= 0.6 is 0 Å². The molecule has 0 amide bonds. The Morgan fingerprint density at radius 3 is 2.11 bits per heavy atom. The van der Waals surface area contributed by atoms with E-state index in [0.717, 1.165) is 43.8 Å². The molecule has 1 aliphatic rings. The summed E-state index contributed by atoms with van der Waals surface area (Å²) in [5.41, 5.74) is 1.33. The lowest BCUT2D eigenvalue weighted by atomic mass is 9.85. The van der Waals surface area contributed by atoms with E-state index >= 15 is 0 Å². The number of esters is 2. The molecule has 0 aromatic carbocycles. The molecule has 8 atom stereocenters. The lowest BCUT2D eigenvalue weighted by Crippen LogP contribution is -2.36. The number of carboxylic acid groups (broad SMARTS) is 1. The van der Waals surface area contributed by atoms with E-state index in [9.17, 15) is 34.5 Å². The molecule has 0 aromatic rings. The number of ether oxygens (including phenoxy) is 2. The third kappa shape index (κ3) is 13.8. The number of hydrogen-bond donors (Lipinski definition) is 4. The van der Waals surface area contributed by atoms with Gasteiger partial charge < -0.3 is 29.9 Å². The maximum Gasteiger partial charge on any atom is 0.342 e. The molecule has 0 aliphatic carbocycles. The molecule has 1 aliphatic heterocycles. The van der Waals surface area contributed by atoms with Gasteiger partial charge in [-0.2, -0.15) is 0 Å². The van der Waals surface area contributed by atoms with Gasteiger partial charge in [0.2, 0.25) is 0 Å². The monoisotopic (exact) mass is 634 g/mol. The smallest absolute Gasteiger partial charge is 0.342 e. The molecule has 0 saturated heterocycles. The Kier molecular flexibility index (Phi) is 17.3. The first-order valence-electron chi connectivity index (χ1n) is 16.0. The van der Waals surface area contributed by atoms with Crippen molar-refractivity contribution in [3.63, 3.8) is 0 Å². The van der Waals surface area contributed by atoms with Crippen molar-refractivity contribution < 1.29 is 49.1 Å². The molecule has 4 unspecified atom stereocenters. The molecule has 10 nitrogen and oxygen atoms in total. The van der Waals surface area contributed by atoms with Crippen LogP contribution in [0.1, 0.15) is 99.8 Å². The molecule has 0 bridgehead atoms. The number of carbonyl (C=O) groups excluding carboxylic acids is 3. The molecule has 0 saturated carbocycles. The number of aliphatic carboxylic acids is 1. The van der Waals surface area contributed by atoms with Gasteiger partial charge in [0.15, 0.2) is 0 Å². The molecule has 1 rings (SSSR count). The average molecular weight is 635 g/mol. The number of carboxylic acids is 1. The van der Waals surface area contributed by atoms with Crippen molar-refractivity contribution in [3.8, 4) is 0 Å². The van der Waals surface area contributed by atoms with Gasteiger partial charge in [0.05, 0.1) is 30.3 Å². The Hall–Kier alpha value is -3.08. The summed E-state index contributed by atoms with van der Waals surface area (Å²) >= 11 is 0. The normalized spacial score (nSPS) is 19.5. The van der Waals surface area contributed by atoms with Crippen LogP contribution in [0.3, 0.4) is 0 Å². The SMILES string of the molecule is C=C1OC(=O)C(C(O)CC(=O)O[C@H](C)[C@@H](C)C(O)CC(=O)[C@@H](C)C(O)CCC(C)C[C@@H](C)CC/C=C(/C=C/C(=O)O)CC)=C1C. The quantitative estimate of drug-likeness (QED) is 0.0747. The van der Waals surface area contributed by atoms with E-state index < -0.39 is 60.6 Å². The Bertz CT molecular complexity index is 1130. The first-order valence-corrected chi connectivity index (χ1v) is 16.0. The van der Waals surface area contributed by atoms with Crippen LogP contribution < -0.4 is 0 Å². The zero-order valence-electron chi connectivity index (χ0n) is 28.0. The van der Waals surface area contributed by atoms with Gasteiger partial charge in [0.25, 0.3) is 0 Å². The highest BCUT2D eigenvalue weighted by molar-refractivity contribution is 5.96. The zero-order chi connectivity index (χ0) is 34.4. The van der Waals surface area contributed by atoms with Crippen LogP contribution in [0.4, 0.5) is 0 Å². The minimum absolute atomic E-state index is 0.0396. The number of aliphatic hydroxyl groups is 3. The van der Waals surface area contributed by atoms with Gasteiger partial charge in [-0.15, -0.1) is 0 Å². The molecule has 45 heavy (non-hydrogen) atoms. The Morgan fingerprint density at radius 2 is 1.56 bits per heavy atom. The van der Waals surface area contributed by atoms with Crippen molar-refractivity contribution in [3.05, 3.63) is 47.3 Å². The van der Waals surface area contributed by atoms with Crippen LogP contribution in [0, 0.1) is 23.7 Å². The van der Waals surface area contributed by atoms with Crippen molar-refractivity contribution in [1.82, 2.24) is 0 Å². The predicted octanol–water partition coefficient (Wildman–Crippen LogP) is 5.21. The number of cyclic esters (lactones) is 1. The third-order valence-corrected chi connectivity index (χ3v) is 8.79. The lowest BCUT2D eigenvalue weighted by Gasteiger charge is -2.27. The number of carbonyl (C=O) groups is 4. The maximum atomic E-state index is 12.9. The van der Waals surface area contributed by atoms with Crippen molar-refractivity contribution in [2.45, 2.75) is 124 Å². The zero-order valence-corrected chi connectivity index (χ0v) is 28.0. The maximum absolute atomic E-state index is 12.9. The van der Waals surface area contributed by atoms with Gasteiger partial charge in [0.1, 0.15) is 17.6 Å². The molecule has 254 valence electrons.